The monoisotopic (exact) mass is 322 g/mol. The van der Waals surface area contributed by atoms with Crippen LogP contribution in [0, 0.1) is 5.82 Å². The zero-order valence-electron chi connectivity index (χ0n) is 10.2. The van der Waals surface area contributed by atoms with E-state index in [2.05, 4.69) is 20.9 Å². The fraction of sp³-hybridized carbons (Fsp3) is 0.286. The second-order valence-corrected chi connectivity index (χ2v) is 5.53. The number of imidazole rings is 1. The van der Waals surface area contributed by atoms with Crippen molar-refractivity contribution in [2.24, 2.45) is 0 Å². The van der Waals surface area contributed by atoms with Crippen LogP contribution in [0.3, 0.4) is 0 Å². The number of hydrogen-bond acceptors (Lipinski definition) is 2. The predicted octanol–water partition coefficient (Wildman–Crippen LogP) is 3.60. The van der Waals surface area contributed by atoms with Crippen molar-refractivity contribution in [2.45, 2.75) is 25.8 Å². The topological polar surface area (TPSA) is 34.9 Å². The summed E-state index contributed by atoms with van der Waals surface area (Å²) in [6.45, 7) is 0.789. The van der Waals surface area contributed by atoms with Crippen molar-refractivity contribution >= 4 is 22.2 Å². The van der Waals surface area contributed by atoms with Gasteiger partial charge >= 0.3 is 0 Å². The molecule has 1 aromatic heterocycles. The second kappa shape index (κ2) is 4.89. The molecule has 0 saturated carbocycles. The quantitative estimate of drug-likeness (QED) is 0.792. The van der Waals surface area contributed by atoms with Gasteiger partial charge in [-0.05, 0) is 37.5 Å². The predicted molar refractivity (Wildman–Crippen MR) is 73.6 cm³/mol. The van der Waals surface area contributed by atoms with Gasteiger partial charge in [-0.1, -0.05) is 15.9 Å². The first-order valence-electron chi connectivity index (χ1n) is 6.20. The molecule has 0 bridgehead atoms. The number of halogens is 2. The van der Waals surface area contributed by atoms with E-state index in [-0.39, 0.29) is 5.82 Å². The Bertz CT molecular complexity index is 651. The summed E-state index contributed by atoms with van der Waals surface area (Å²) in [6, 6.07) is 4.76. The molecule has 2 heterocycles. The van der Waals surface area contributed by atoms with Crippen molar-refractivity contribution in [1.82, 2.24) is 9.55 Å². The van der Waals surface area contributed by atoms with Crippen LogP contribution in [-0.4, -0.2) is 15.8 Å². The summed E-state index contributed by atoms with van der Waals surface area (Å²) in [5.41, 5.74) is 1.80. The lowest BCUT2D eigenvalue weighted by Gasteiger charge is -2.17. The van der Waals surface area contributed by atoms with Crippen molar-refractivity contribution < 1.29 is 9.18 Å². The van der Waals surface area contributed by atoms with Gasteiger partial charge in [0.05, 0.1) is 5.56 Å². The zero-order valence-corrected chi connectivity index (χ0v) is 11.8. The molecule has 3 rings (SSSR count). The van der Waals surface area contributed by atoms with Crippen molar-refractivity contribution in [1.29, 1.82) is 0 Å². The Balaban J connectivity index is 2.22. The molecule has 19 heavy (non-hydrogen) atoms. The molecule has 1 aromatic carbocycles. The van der Waals surface area contributed by atoms with E-state index < -0.39 is 0 Å². The Morgan fingerprint density at radius 2 is 2.21 bits per heavy atom. The SMILES string of the molecule is O=Cc1nc(-c2cc(Br)ccc2F)n2c1CCCC2. The van der Waals surface area contributed by atoms with Gasteiger partial charge in [0.1, 0.15) is 17.3 Å². The van der Waals surface area contributed by atoms with Crippen LogP contribution in [0.25, 0.3) is 11.4 Å². The molecular formula is C14H12BrFN2O. The van der Waals surface area contributed by atoms with Crippen LogP contribution in [-0.2, 0) is 13.0 Å². The lowest BCUT2D eigenvalue weighted by molar-refractivity contribution is 0.111. The minimum absolute atomic E-state index is 0.320. The van der Waals surface area contributed by atoms with Crippen molar-refractivity contribution in [3.63, 3.8) is 0 Å². The Morgan fingerprint density at radius 3 is 3.00 bits per heavy atom. The van der Waals surface area contributed by atoms with E-state index >= 15 is 0 Å². The molecule has 0 saturated heterocycles. The molecule has 0 fully saturated rings. The van der Waals surface area contributed by atoms with Gasteiger partial charge < -0.3 is 4.57 Å². The highest BCUT2D eigenvalue weighted by molar-refractivity contribution is 9.10. The van der Waals surface area contributed by atoms with E-state index in [9.17, 15) is 9.18 Å². The number of nitrogens with zero attached hydrogens (tertiary/aromatic N) is 2. The third-order valence-electron chi connectivity index (χ3n) is 3.43. The maximum atomic E-state index is 14.0. The van der Waals surface area contributed by atoms with Crippen molar-refractivity contribution in [2.75, 3.05) is 0 Å². The third kappa shape index (κ3) is 2.12. The maximum absolute atomic E-state index is 14.0. The maximum Gasteiger partial charge on any atom is 0.170 e. The van der Waals surface area contributed by atoms with E-state index in [1.165, 1.54) is 6.07 Å². The Labute approximate surface area is 118 Å². The molecule has 5 heteroatoms. The minimum atomic E-state index is -0.320. The van der Waals surface area contributed by atoms with Crippen molar-refractivity contribution in [3.05, 3.63) is 39.9 Å². The lowest BCUT2D eigenvalue weighted by Crippen LogP contribution is -2.12. The lowest BCUT2D eigenvalue weighted by atomic mass is 10.1. The largest absolute Gasteiger partial charge is 0.327 e. The number of benzene rings is 1. The van der Waals surface area contributed by atoms with Crippen LogP contribution in [0.2, 0.25) is 0 Å². The molecule has 0 N–H and O–H groups in total. The number of carbonyl (C=O) groups is 1. The standard InChI is InChI=1S/C14H12BrFN2O/c15-9-4-5-11(16)10(7-9)14-17-12(8-19)13-3-1-2-6-18(13)14/h4-5,7-8H,1-3,6H2. The molecule has 0 unspecified atom stereocenters. The average Bonchev–Trinajstić information content (AvgIpc) is 2.80. The van der Waals surface area contributed by atoms with E-state index in [1.54, 1.807) is 12.1 Å². The van der Waals surface area contributed by atoms with Gasteiger partial charge in [0.25, 0.3) is 0 Å². The Hall–Kier alpha value is -1.49. The number of carbonyl (C=O) groups excluding carboxylic acids is 1. The molecule has 0 atom stereocenters. The second-order valence-electron chi connectivity index (χ2n) is 4.62. The highest BCUT2D eigenvalue weighted by Crippen LogP contribution is 2.30. The van der Waals surface area contributed by atoms with Crippen LogP contribution in [0.5, 0.6) is 0 Å². The van der Waals surface area contributed by atoms with E-state index in [1.807, 2.05) is 4.57 Å². The van der Waals surface area contributed by atoms with E-state index in [0.29, 0.717) is 17.1 Å². The molecule has 2 aromatic rings. The molecule has 0 radical (unpaired) electrons. The summed E-state index contributed by atoms with van der Waals surface area (Å²) < 4.78 is 16.7. The molecule has 1 aliphatic rings. The molecule has 98 valence electrons. The Kier molecular flexibility index (Phi) is 3.22. The van der Waals surface area contributed by atoms with Gasteiger partial charge in [-0.15, -0.1) is 0 Å². The smallest absolute Gasteiger partial charge is 0.170 e. The van der Waals surface area contributed by atoms with Gasteiger partial charge in [-0.25, -0.2) is 9.37 Å². The first-order chi connectivity index (χ1) is 9.20. The van der Waals surface area contributed by atoms with Gasteiger partial charge in [0, 0.05) is 16.7 Å². The number of aldehydes is 1. The number of fused-ring (bicyclic) bond motifs is 1. The zero-order chi connectivity index (χ0) is 13.4. The summed E-state index contributed by atoms with van der Waals surface area (Å²) in [7, 11) is 0. The highest BCUT2D eigenvalue weighted by atomic mass is 79.9. The first-order valence-corrected chi connectivity index (χ1v) is 7.00. The summed E-state index contributed by atoms with van der Waals surface area (Å²) >= 11 is 3.34. The number of hydrogen-bond donors (Lipinski definition) is 0. The average molecular weight is 323 g/mol. The number of rotatable bonds is 2. The van der Waals surface area contributed by atoms with E-state index in [0.717, 1.165) is 42.3 Å². The fourth-order valence-corrected chi connectivity index (χ4v) is 2.90. The summed E-state index contributed by atoms with van der Waals surface area (Å²) in [6.07, 6.45) is 3.67. The highest BCUT2D eigenvalue weighted by Gasteiger charge is 2.22. The molecule has 0 spiro atoms. The van der Waals surface area contributed by atoms with Gasteiger partial charge in [-0.2, -0.15) is 0 Å². The molecule has 1 aliphatic heterocycles. The van der Waals surface area contributed by atoms with Gasteiger partial charge in [0.15, 0.2) is 6.29 Å². The molecule has 0 aliphatic carbocycles. The van der Waals surface area contributed by atoms with Gasteiger partial charge in [-0.3, -0.25) is 4.79 Å². The first kappa shape index (κ1) is 12.5. The van der Waals surface area contributed by atoms with Crippen LogP contribution in [0.4, 0.5) is 4.39 Å². The van der Waals surface area contributed by atoms with Crippen molar-refractivity contribution in [3.8, 4) is 11.4 Å². The van der Waals surface area contributed by atoms with Crippen LogP contribution >= 0.6 is 15.9 Å². The Morgan fingerprint density at radius 1 is 1.37 bits per heavy atom. The fourth-order valence-electron chi connectivity index (χ4n) is 2.54. The molecular weight excluding hydrogens is 311 g/mol. The molecule has 0 amide bonds. The van der Waals surface area contributed by atoms with Crippen LogP contribution < -0.4 is 0 Å². The van der Waals surface area contributed by atoms with Crippen LogP contribution in [0.15, 0.2) is 22.7 Å². The summed E-state index contributed by atoms with van der Waals surface area (Å²) in [5, 5.41) is 0. The van der Waals surface area contributed by atoms with Crippen LogP contribution in [0.1, 0.15) is 29.0 Å². The van der Waals surface area contributed by atoms with Gasteiger partial charge in [0.2, 0.25) is 0 Å². The minimum Gasteiger partial charge on any atom is -0.327 e. The van der Waals surface area contributed by atoms with E-state index in [4.69, 9.17) is 0 Å². The summed E-state index contributed by atoms with van der Waals surface area (Å²) in [5.74, 6) is 0.231. The number of aromatic nitrogens is 2. The summed E-state index contributed by atoms with van der Waals surface area (Å²) in [4.78, 5) is 15.4. The molecule has 3 nitrogen and oxygen atoms in total. The normalized spacial score (nSPS) is 14.2. The third-order valence-corrected chi connectivity index (χ3v) is 3.92.